The first-order valence-electron chi connectivity index (χ1n) is 10.3. The Balaban J connectivity index is 1.44. The van der Waals surface area contributed by atoms with E-state index in [-0.39, 0.29) is 11.8 Å². The van der Waals surface area contributed by atoms with Crippen molar-refractivity contribution in [1.82, 2.24) is 19.8 Å². The Bertz CT molecular complexity index is 1090. The van der Waals surface area contributed by atoms with E-state index in [4.69, 9.17) is 0 Å². The second-order valence-corrected chi connectivity index (χ2v) is 7.84. The van der Waals surface area contributed by atoms with Crippen molar-refractivity contribution < 1.29 is 9.59 Å². The molecule has 3 aromatic rings. The number of piperazine rings is 1. The second-order valence-electron chi connectivity index (χ2n) is 7.84. The largest absolute Gasteiger partial charge is 0.368 e. The summed E-state index contributed by atoms with van der Waals surface area (Å²) in [5, 5.41) is 3.89. The third kappa shape index (κ3) is 4.80. The van der Waals surface area contributed by atoms with E-state index in [1.165, 1.54) is 0 Å². The lowest BCUT2D eigenvalue weighted by atomic mass is 10.2. The molecule has 31 heavy (non-hydrogen) atoms. The molecule has 8 heteroatoms. The minimum atomic E-state index is -0.278. The maximum absolute atomic E-state index is 12.9. The van der Waals surface area contributed by atoms with Crippen LogP contribution in [0, 0.1) is 0 Å². The zero-order chi connectivity index (χ0) is 21.8. The summed E-state index contributed by atoms with van der Waals surface area (Å²) in [5.41, 5.74) is 2.67. The highest BCUT2D eigenvalue weighted by Gasteiger charge is 2.22. The van der Waals surface area contributed by atoms with Gasteiger partial charge in [0.05, 0.1) is 17.7 Å². The van der Waals surface area contributed by atoms with Crippen LogP contribution in [0.15, 0.2) is 54.9 Å². The van der Waals surface area contributed by atoms with E-state index in [0.29, 0.717) is 31.0 Å². The van der Waals surface area contributed by atoms with Crippen molar-refractivity contribution in [2.45, 2.75) is 0 Å². The van der Waals surface area contributed by atoms with E-state index in [2.05, 4.69) is 20.2 Å². The summed E-state index contributed by atoms with van der Waals surface area (Å²) in [7, 11) is 3.79. The number of fused-ring (bicyclic) bond motifs is 1. The molecule has 0 unspecified atom stereocenters. The molecule has 0 saturated carbocycles. The fourth-order valence-electron chi connectivity index (χ4n) is 3.72. The zero-order valence-corrected chi connectivity index (χ0v) is 17.8. The van der Waals surface area contributed by atoms with Gasteiger partial charge in [0.15, 0.2) is 0 Å². The van der Waals surface area contributed by atoms with E-state index in [9.17, 15) is 9.59 Å². The number of rotatable bonds is 5. The van der Waals surface area contributed by atoms with Crippen molar-refractivity contribution in [3.8, 4) is 0 Å². The Morgan fingerprint density at radius 2 is 1.77 bits per heavy atom. The van der Waals surface area contributed by atoms with Crippen LogP contribution in [0.3, 0.4) is 0 Å². The lowest BCUT2D eigenvalue weighted by molar-refractivity contribution is -0.132. The number of carbonyl (C=O) groups excluding carboxylic acids is 2. The predicted octanol–water partition coefficient (Wildman–Crippen LogP) is 2.09. The molecule has 1 aliphatic heterocycles. The number of nitrogens with one attached hydrogen (secondary N) is 1. The highest BCUT2D eigenvalue weighted by Crippen LogP contribution is 2.22. The van der Waals surface area contributed by atoms with E-state index in [1.54, 1.807) is 18.5 Å². The van der Waals surface area contributed by atoms with Crippen LogP contribution in [0.4, 0.5) is 11.4 Å². The van der Waals surface area contributed by atoms with Gasteiger partial charge in [-0.1, -0.05) is 18.2 Å². The van der Waals surface area contributed by atoms with E-state index < -0.39 is 0 Å². The van der Waals surface area contributed by atoms with Gasteiger partial charge in [-0.3, -0.25) is 19.6 Å². The van der Waals surface area contributed by atoms with Crippen LogP contribution in [-0.2, 0) is 4.79 Å². The summed E-state index contributed by atoms with van der Waals surface area (Å²) in [6, 6.07) is 13.2. The van der Waals surface area contributed by atoms with Crippen LogP contribution in [0.25, 0.3) is 10.9 Å². The molecule has 1 aliphatic rings. The van der Waals surface area contributed by atoms with Crippen molar-refractivity contribution in [2.75, 3.05) is 57.0 Å². The maximum Gasteiger partial charge on any atom is 0.274 e. The second kappa shape index (κ2) is 9.09. The predicted molar refractivity (Wildman–Crippen MR) is 121 cm³/mol. The number of likely N-dealkylation sites (N-methyl/N-ethyl adjacent to an activating group) is 1. The molecule has 2 aromatic heterocycles. The molecule has 160 valence electrons. The average Bonchev–Trinajstić information content (AvgIpc) is 2.79. The molecular weight excluding hydrogens is 392 g/mol. The van der Waals surface area contributed by atoms with E-state index in [0.717, 1.165) is 29.7 Å². The van der Waals surface area contributed by atoms with Crippen molar-refractivity contribution in [3.63, 3.8) is 0 Å². The van der Waals surface area contributed by atoms with Crippen molar-refractivity contribution in [3.05, 3.63) is 60.6 Å². The zero-order valence-electron chi connectivity index (χ0n) is 17.8. The first kappa shape index (κ1) is 20.7. The Hall–Kier alpha value is -3.52. The van der Waals surface area contributed by atoms with Gasteiger partial charge in [-0.05, 0) is 38.4 Å². The SMILES string of the molecule is CN(C)CC(=O)N1CCN(c2ccnc(C(=O)Nc3cccc4cccnc34)c2)CC1. The standard InChI is InChI=1S/C23H26N6O2/c1-27(2)16-21(30)29-13-11-28(12-14-29)18-8-10-24-20(15-18)23(31)26-19-7-3-5-17-6-4-9-25-22(17)19/h3-10,15H,11-14,16H2,1-2H3,(H,26,31). The molecule has 8 nitrogen and oxygen atoms in total. The van der Waals surface area contributed by atoms with Crippen LogP contribution in [0.5, 0.6) is 0 Å². The van der Waals surface area contributed by atoms with Gasteiger partial charge >= 0.3 is 0 Å². The van der Waals surface area contributed by atoms with Crippen LogP contribution >= 0.6 is 0 Å². The van der Waals surface area contributed by atoms with Gasteiger partial charge in [0.2, 0.25) is 5.91 Å². The molecule has 4 rings (SSSR count). The molecule has 1 aromatic carbocycles. The number of anilines is 2. The van der Waals surface area contributed by atoms with E-state index >= 15 is 0 Å². The summed E-state index contributed by atoms with van der Waals surface area (Å²) in [5.74, 6) is -0.136. The lowest BCUT2D eigenvalue weighted by Gasteiger charge is -2.36. The van der Waals surface area contributed by atoms with Gasteiger partial charge in [-0.15, -0.1) is 0 Å². The van der Waals surface area contributed by atoms with Crippen LogP contribution in [-0.4, -0.2) is 78.4 Å². The minimum absolute atomic E-state index is 0.142. The van der Waals surface area contributed by atoms with Crippen molar-refractivity contribution >= 4 is 34.1 Å². The van der Waals surface area contributed by atoms with Gasteiger partial charge in [-0.25, -0.2) is 0 Å². The van der Waals surface area contributed by atoms with Gasteiger partial charge < -0.3 is 20.0 Å². The molecule has 1 saturated heterocycles. The smallest absolute Gasteiger partial charge is 0.274 e. The number of aromatic nitrogens is 2. The first-order chi connectivity index (χ1) is 15.0. The molecule has 2 amide bonds. The third-order valence-electron chi connectivity index (χ3n) is 5.31. The topological polar surface area (TPSA) is 81.7 Å². The summed E-state index contributed by atoms with van der Waals surface area (Å²) < 4.78 is 0. The van der Waals surface area contributed by atoms with Gasteiger partial charge in [0.1, 0.15) is 5.69 Å². The van der Waals surface area contributed by atoms with E-state index in [1.807, 2.05) is 60.3 Å². The maximum atomic E-state index is 12.9. The molecule has 0 spiro atoms. The summed E-state index contributed by atoms with van der Waals surface area (Å²) >= 11 is 0. The minimum Gasteiger partial charge on any atom is -0.368 e. The first-order valence-corrected chi connectivity index (χ1v) is 10.3. The van der Waals surface area contributed by atoms with Crippen LogP contribution < -0.4 is 10.2 Å². The van der Waals surface area contributed by atoms with Crippen LogP contribution in [0.2, 0.25) is 0 Å². The normalized spacial score (nSPS) is 14.2. The average molecular weight is 419 g/mol. The fraction of sp³-hybridized carbons (Fsp3) is 0.304. The number of carbonyl (C=O) groups is 2. The van der Waals surface area contributed by atoms with Gasteiger partial charge in [0.25, 0.3) is 5.91 Å². The molecule has 0 radical (unpaired) electrons. The summed E-state index contributed by atoms with van der Waals surface area (Å²) in [6.07, 6.45) is 3.36. The Morgan fingerprint density at radius 3 is 2.55 bits per heavy atom. The number of amides is 2. The number of pyridine rings is 2. The number of hydrogen-bond donors (Lipinski definition) is 1. The molecule has 0 atom stereocenters. The molecule has 0 bridgehead atoms. The van der Waals surface area contributed by atoms with Gasteiger partial charge in [0, 0.05) is 49.6 Å². The lowest BCUT2D eigenvalue weighted by Crippen LogP contribution is -2.50. The Labute approximate surface area is 181 Å². The highest BCUT2D eigenvalue weighted by molar-refractivity contribution is 6.07. The molecule has 0 aliphatic carbocycles. The van der Waals surface area contributed by atoms with Crippen LogP contribution in [0.1, 0.15) is 10.5 Å². The monoisotopic (exact) mass is 418 g/mol. The molecular formula is C23H26N6O2. The number of benzene rings is 1. The Morgan fingerprint density at radius 1 is 1.00 bits per heavy atom. The number of nitrogens with zero attached hydrogens (tertiary/aromatic N) is 5. The molecule has 1 N–H and O–H groups in total. The number of para-hydroxylation sites is 1. The number of hydrogen-bond acceptors (Lipinski definition) is 6. The highest BCUT2D eigenvalue weighted by atomic mass is 16.2. The van der Waals surface area contributed by atoms with Crippen molar-refractivity contribution in [2.24, 2.45) is 0 Å². The molecule has 1 fully saturated rings. The Kier molecular flexibility index (Phi) is 6.08. The molecule has 3 heterocycles. The van der Waals surface area contributed by atoms with Gasteiger partial charge in [-0.2, -0.15) is 0 Å². The quantitative estimate of drug-likeness (QED) is 0.683. The summed E-state index contributed by atoms with van der Waals surface area (Å²) in [4.78, 5) is 39.7. The van der Waals surface area contributed by atoms with Crippen molar-refractivity contribution in [1.29, 1.82) is 0 Å². The third-order valence-corrected chi connectivity index (χ3v) is 5.31. The summed E-state index contributed by atoms with van der Waals surface area (Å²) in [6.45, 7) is 3.19. The fourth-order valence-corrected chi connectivity index (χ4v) is 3.72.